The number of nitrogens with one attached hydrogen (secondary N) is 1. The molecule has 0 saturated heterocycles. The zero-order chi connectivity index (χ0) is 12.8. The summed E-state index contributed by atoms with van der Waals surface area (Å²) in [7, 11) is 0. The van der Waals surface area contributed by atoms with E-state index in [1.54, 1.807) is 17.4 Å². The molecule has 1 N–H and O–H groups in total. The molecule has 2 aromatic heterocycles. The predicted octanol–water partition coefficient (Wildman–Crippen LogP) is 4.58. The van der Waals surface area contributed by atoms with Gasteiger partial charge in [-0.2, -0.15) is 5.10 Å². The van der Waals surface area contributed by atoms with Crippen LogP contribution in [0.5, 0.6) is 0 Å². The highest BCUT2D eigenvalue weighted by Crippen LogP contribution is 2.36. The van der Waals surface area contributed by atoms with Gasteiger partial charge < -0.3 is 0 Å². The second-order valence-corrected chi connectivity index (χ2v) is 5.47. The number of H-pyrrole nitrogens is 1. The molecule has 0 amide bonds. The Hall–Kier alpha value is -2.20. The number of fused-ring (bicyclic) bond motifs is 2. The summed E-state index contributed by atoms with van der Waals surface area (Å²) in [5.41, 5.74) is 1.42. The van der Waals surface area contributed by atoms with Crippen LogP contribution in [0.25, 0.3) is 31.6 Å². The van der Waals surface area contributed by atoms with Gasteiger partial charge in [-0.05, 0) is 29.7 Å². The van der Waals surface area contributed by atoms with Crippen molar-refractivity contribution >= 4 is 32.3 Å². The average Bonchev–Trinajstić information content (AvgIpc) is 3.02. The Morgan fingerprint density at radius 1 is 1.05 bits per heavy atom. The highest BCUT2D eigenvalue weighted by molar-refractivity contribution is 7.22. The molecule has 0 aliphatic carbocycles. The van der Waals surface area contributed by atoms with Gasteiger partial charge in [-0.15, -0.1) is 11.3 Å². The Morgan fingerprint density at radius 2 is 1.95 bits per heavy atom. The van der Waals surface area contributed by atoms with Crippen LogP contribution in [0.3, 0.4) is 0 Å². The maximum atomic E-state index is 14.0. The Morgan fingerprint density at radius 3 is 2.84 bits per heavy atom. The van der Waals surface area contributed by atoms with Crippen LogP contribution in [0.2, 0.25) is 0 Å². The van der Waals surface area contributed by atoms with Gasteiger partial charge in [0.2, 0.25) is 0 Å². The minimum atomic E-state index is -0.237. The van der Waals surface area contributed by atoms with Gasteiger partial charge in [-0.1, -0.05) is 24.3 Å². The number of hydrogen-bond acceptors (Lipinski definition) is 2. The third kappa shape index (κ3) is 1.57. The molecule has 4 rings (SSSR count). The smallest absolute Gasteiger partial charge is 0.134 e. The summed E-state index contributed by atoms with van der Waals surface area (Å²) in [5, 5.41) is 8.88. The van der Waals surface area contributed by atoms with Gasteiger partial charge in [0.1, 0.15) is 11.5 Å². The molecule has 0 radical (unpaired) electrons. The minimum absolute atomic E-state index is 0.237. The van der Waals surface area contributed by atoms with E-state index in [2.05, 4.69) is 28.4 Å². The molecule has 2 heterocycles. The first-order chi connectivity index (χ1) is 9.33. The first-order valence-corrected chi connectivity index (χ1v) is 6.76. The number of rotatable bonds is 1. The fraction of sp³-hybridized carbons (Fsp3) is 0. The molecule has 4 aromatic rings. The first-order valence-electron chi connectivity index (χ1n) is 5.94. The largest absolute Gasteiger partial charge is 0.277 e. The third-order valence-corrected chi connectivity index (χ3v) is 4.32. The van der Waals surface area contributed by atoms with Gasteiger partial charge in [0.05, 0.1) is 15.8 Å². The molecule has 92 valence electrons. The summed E-state index contributed by atoms with van der Waals surface area (Å²) in [6, 6.07) is 15.2. The summed E-state index contributed by atoms with van der Waals surface area (Å²) in [6.07, 6.45) is 0. The molecule has 19 heavy (non-hydrogen) atoms. The predicted molar refractivity (Wildman–Crippen MR) is 76.9 cm³/mol. The van der Waals surface area contributed by atoms with Crippen LogP contribution < -0.4 is 0 Å². The van der Waals surface area contributed by atoms with E-state index in [1.807, 2.05) is 18.2 Å². The highest BCUT2D eigenvalue weighted by atomic mass is 32.1. The van der Waals surface area contributed by atoms with Crippen molar-refractivity contribution < 1.29 is 4.39 Å². The monoisotopic (exact) mass is 268 g/mol. The van der Waals surface area contributed by atoms with Crippen molar-refractivity contribution in [3.05, 3.63) is 54.3 Å². The molecular weight excluding hydrogens is 259 g/mol. The van der Waals surface area contributed by atoms with Crippen molar-refractivity contribution in [2.75, 3.05) is 0 Å². The number of hydrogen-bond donors (Lipinski definition) is 1. The third-order valence-electron chi connectivity index (χ3n) is 3.20. The molecule has 0 aliphatic heterocycles. The van der Waals surface area contributed by atoms with Gasteiger partial charge >= 0.3 is 0 Å². The van der Waals surface area contributed by atoms with E-state index in [0.29, 0.717) is 11.1 Å². The molecule has 0 aliphatic rings. The summed E-state index contributed by atoms with van der Waals surface area (Å²) in [4.78, 5) is 0.984. The van der Waals surface area contributed by atoms with Crippen LogP contribution in [-0.4, -0.2) is 10.2 Å². The highest BCUT2D eigenvalue weighted by Gasteiger charge is 2.14. The molecular formula is C15H9FN2S. The Labute approximate surface area is 112 Å². The standard InChI is InChI=1S/C15H9FN2S/c16-10-5-3-6-11-14(10)15(18-17-11)13-8-9-4-1-2-7-12(9)19-13/h1-8H,(H,17,18). The van der Waals surface area contributed by atoms with Gasteiger partial charge in [0.25, 0.3) is 0 Å². The van der Waals surface area contributed by atoms with Crippen molar-refractivity contribution in [2.45, 2.75) is 0 Å². The van der Waals surface area contributed by atoms with E-state index < -0.39 is 0 Å². The van der Waals surface area contributed by atoms with E-state index in [-0.39, 0.29) is 5.82 Å². The van der Waals surface area contributed by atoms with Crippen LogP contribution in [-0.2, 0) is 0 Å². The molecule has 0 bridgehead atoms. The molecule has 0 unspecified atom stereocenters. The Kier molecular flexibility index (Phi) is 2.19. The lowest BCUT2D eigenvalue weighted by atomic mass is 10.1. The quantitative estimate of drug-likeness (QED) is 0.537. The second-order valence-electron chi connectivity index (χ2n) is 4.38. The van der Waals surface area contributed by atoms with E-state index in [4.69, 9.17) is 0 Å². The van der Waals surface area contributed by atoms with Crippen molar-refractivity contribution in [3.8, 4) is 10.6 Å². The summed E-state index contributed by atoms with van der Waals surface area (Å²) in [6.45, 7) is 0. The normalized spacial score (nSPS) is 11.4. The Balaban J connectivity index is 2.04. The van der Waals surface area contributed by atoms with Crippen molar-refractivity contribution in [1.82, 2.24) is 10.2 Å². The number of nitrogens with zero attached hydrogens (tertiary/aromatic N) is 1. The van der Waals surface area contributed by atoms with E-state index in [9.17, 15) is 4.39 Å². The number of aromatic amines is 1. The van der Waals surface area contributed by atoms with Crippen LogP contribution in [0.1, 0.15) is 0 Å². The van der Waals surface area contributed by atoms with Crippen LogP contribution in [0.4, 0.5) is 4.39 Å². The SMILES string of the molecule is Fc1cccc2[nH]nc(-c3cc4ccccc4s3)c12. The Bertz CT molecular complexity index is 858. The summed E-state index contributed by atoms with van der Waals surface area (Å²) < 4.78 is 15.2. The van der Waals surface area contributed by atoms with Crippen molar-refractivity contribution in [2.24, 2.45) is 0 Å². The topological polar surface area (TPSA) is 28.7 Å². The fourth-order valence-electron chi connectivity index (χ4n) is 2.31. The molecule has 4 heteroatoms. The lowest BCUT2D eigenvalue weighted by molar-refractivity contribution is 0.640. The average molecular weight is 268 g/mol. The number of benzene rings is 2. The molecule has 0 atom stereocenters. The first kappa shape index (κ1) is 10.7. The second kappa shape index (κ2) is 3.90. The van der Waals surface area contributed by atoms with Gasteiger partial charge in [-0.3, -0.25) is 5.10 Å². The van der Waals surface area contributed by atoms with E-state index >= 15 is 0 Å². The van der Waals surface area contributed by atoms with Crippen molar-refractivity contribution in [1.29, 1.82) is 0 Å². The minimum Gasteiger partial charge on any atom is -0.277 e. The molecule has 2 aromatic carbocycles. The number of thiophene rings is 1. The zero-order valence-electron chi connectivity index (χ0n) is 9.85. The lowest BCUT2D eigenvalue weighted by Gasteiger charge is -1.94. The number of aromatic nitrogens is 2. The van der Waals surface area contributed by atoms with E-state index in [0.717, 1.165) is 15.8 Å². The zero-order valence-corrected chi connectivity index (χ0v) is 10.7. The fourth-order valence-corrected chi connectivity index (χ4v) is 3.37. The summed E-state index contributed by atoms with van der Waals surface area (Å²) in [5.74, 6) is -0.237. The summed E-state index contributed by atoms with van der Waals surface area (Å²) >= 11 is 1.63. The molecule has 0 fully saturated rings. The number of halogens is 1. The molecule has 2 nitrogen and oxygen atoms in total. The molecule has 0 saturated carbocycles. The van der Waals surface area contributed by atoms with Crippen LogP contribution in [0.15, 0.2) is 48.5 Å². The van der Waals surface area contributed by atoms with Gasteiger partial charge in [0.15, 0.2) is 0 Å². The lowest BCUT2D eigenvalue weighted by Crippen LogP contribution is -1.77. The maximum absolute atomic E-state index is 14.0. The van der Waals surface area contributed by atoms with Crippen LogP contribution >= 0.6 is 11.3 Å². The van der Waals surface area contributed by atoms with E-state index in [1.165, 1.54) is 10.8 Å². The van der Waals surface area contributed by atoms with Gasteiger partial charge in [-0.25, -0.2) is 4.39 Å². The maximum Gasteiger partial charge on any atom is 0.134 e. The van der Waals surface area contributed by atoms with Crippen molar-refractivity contribution in [3.63, 3.8) is 0 Å². The molecule has 0 spiro atoms. The van der Waals surface area contributed by atoms with Crippen LogP contribution in [0, 0.1) is 5.82 Å². The van der Waals surface area contributed by atoms with Gasteiger partial charge in [0, 0.05) is 4.70 Å².